The highest BCUT2D eigenvalue weighted by Gasteiger charge is 2.35. The molecule has 102 valence electrons. The average molecular weight is 273 g/mol. The molecule has 1 amide bonds. The number of nitrogens with one attached hydrogen (secondary N) is 1. The van der Waals surface area contributed by atoms with Crippen molar-refractivity contribution in [2.75, 3.05) is 5.32 Å². The lowest BCUT2D eigenvalue weighted by Gasteiger charge is -2.04. The molecular formula is C10H10F3N5O. The van der Waals surface area contributed by atoms with Gasteiger partial charge in [-0.15, -0.1) is 0 Å². The summed E-state index contributed by atoms with van der Waals surface area (Å²) in [6.07, 6.45) is -2.96. The summed E-state index contributed by atoms with van der Waals surface area (Å²) in [6.45, 7) is 0. The third-order valence-electron chi connectivity index (χ3n) is 2.36. The highest BCUT2D eigenvalue weighted by atomic mass is 19.4. The van der Waals surface area contributed by atoms with Crippen molar-refractivity contribution >= 4 is 11.7 Å². The zero-order valence-corrected chi connectivity index (χ0v) is 10.1. The van der Waals surface area contributed by atoms with E-state index in [1.54, 1.807) is 13.2 Å². The van der Waals surface area contributed by atoms with Gasteiger partial charge in [-0.2, -0.15) is 23.4 Å². The van der Waals surface area contributed by atoms with Gasteiger partial charge in [0.2, 0.25) is 0 Å². The molecule has 9 heteroatoms. The first-order valence-electron chi connectivity index (χ1n) is 5.19. The number of carbonyl (C=O) groups excluding carboxylic acids is 1. The highest BCUT2D eigenvalue weighted by Crippen LogP contribution is 2.29. The SMILES string of the molecule is Cn1ccc(NC(=O)c2cc(C(F)(F)F)n(C)n2)n1. The molecule has 6 nitrogen and oxygen atoms in total. The van der Waals surface area contributed by atoms with Crippen molar-refractivity contribution in [3.8, 4) is 0 Å². The Kier molecular flexibility index (Phi) is 3.05. The molecule has 0 radical (unpaired) electrons. The van der Waals surface area contributed by atoms with Crippen molar-refractivity contribution in [2.24, 2.45) is 14.1 Å². The largest absolute Gasteiger partial charge is 0.433 e. The molecule has 2 aromatic heterocycles. The molecular weight excluding hydrogens is 263 g/mol. The smallest absolute Gasteiger partial charge is 0.304 e. The van der Waals surface area contributed by atoms with Gasteiger partial charge in [0.25, 0.3) is 5.91 Å². The third kappa shape index (κ3) is 2.75. The Morgan fingerprint density at radius 1 is 1.32 bits per heavy atom. The van der Waals surface area contributed by atoms with Crippen LogP contribution in [-0.4, -0.2) is 25.5 Å². The second-order valence-corrected chi connectivity index (χ2v) is 3.86. The molecule has 2 heterocycles. The van der Waals surface area contributed by atoms with Crippen molar-refractivity contribution in [1.29, 1.82) is 0 Å². The van der Waals surface area contributed by atoms with Crippen molar-refractivity contribution in [1.82, 2.24) is 19.6 Å². The predicted octanol–water partition coefficient (Wildman–Crippen LogP) is 1.42. The number of carbonyl (C=O) groups is 1. The Bertz CT molecular complexity index is 613. The molecule has 0 saturated carbocycles. The van der Waals surface area contributed by atoms with Crippen LogP contribution in [-0.2, 0) is 20.3 Å². The fraction of sp³-hybridized carbons (Fsp3) is 0.300. The van der Waals surface area contributed by atoms with Gasteiger partial charge in [0.1, 0.15) is 5.69 Å². The predicted molar refractivity (Wildman–Crippen MR) is 59.4 cm³/mol. The minimum Gasteiger partial charge on any atom is -0.304 e. The zero-order valence-electron chi connectivity index (χ0n) is 10.1. The number of alkyl halides is 3. The van der Waals surface area contributed by atoms with Gasteiger partial charge < -0.3 is 5.32 Å². The molecule has 0 aliphatic carbocycles. The van der Waals surface area contributed by atoms with E-state index in [9.17, 15) is 18.0 Å². The summed E-state index contributed by atoms with van der Waals surface area (Å²) >= 11 is 0. The number of hydrogen-bond acceptors (Lipinski definition) is 3. The monoisotopic (exact) mass is 273 g/mol. The minimum absolute atomic E-state index is 0.242. The first-order chi connectivity index (χ1) is 8.77. The average Bonchev–Trinajstić information content (AvgIpc) is 2.84. The minimum atomic E-state index is -4.55. The zero-order chi connectivity index (χ0) is 14.2. The van der Waals surface area contributed by atoms with Crippen LogP contribution in [0, 0.1) is 0 Å². The van der Waals surface area contributed by atoms with Crippen molar-refractivity contribution in [2.45, 2.75) is 6.18 Å². The number of rotatable bonds is 2. The number of halogens is 3. The molecule has 0 aromatic carbocycles. The Hall–Kier alpha value is -2.32. The van der Waals surface area contributed by atoms with Gasteiger partial charge in [-0.3, -0.25) is 14.2 Å². The molecule has 0 saturated heterocycles. The van der Waals surface area contributed by atoms with E-state index in [0.29, 0.717) is 10.7 Å². The molecule has 2 rings (SSSR count). The van der Waals surface area contributed by atoms with Gasteiger partial charge in [-0.05, 0) is 0 Å². The summed E-state index contributed by atoms with van der Waals surface area (Å²) in [6, 6.07) is 2.21. The van der Waals surface area contributed by atoms with Crippen molar-refractivity contribution < 1.29 is 18.0 Å². The van der Waals surface area contributed by atoms with Crippen LogP contribution in [0.15, 0.2) is 18.3 Å². The van der Waals surface area contributed by atoms with Gasteiger partial charge in [0, 0.05) is 32.4 Å². The molecule has 1 N–H and O–H groups in total. The van der Waals surface area contributed by atoms with Crippen LogP contribution in [0.5, 0.6) is 0 Å². The Morgan fingerprint density at radius 2 is 2.00 bits per heavy atom. The number of nitrogens with zero attached hydrogens (tertiary/aromatic N) is 4. The summed E-state index contributed by atoms with van der Waals surface area (Å²) in [7, 11) is 2.78. The Labute approximate surface area is 105 Å². The van der Waals surface area contributed by atoms with E-state index in [2.05, 4.69) is 15.5 Å². The lowest BCUT2D eigenvalue weighted by molar-refractivity contribution is -0.143. The molecule has 0 bridgehead atoms. The quantitative estimate of drug-likeness (QED) is 0.900. The first kappa shape index (κ1) is 13.1. The van der Waals surface area contributed by atoms with Crippen molar-refractivity contribution in [3.05, 3.63) is 29.7 Å². The summed E-state index contributed by atoms with van der Waals surface area (Å²) in [5.41, 5.74) is -1.31. The Balaban J connectivity index is 2.21. The molecule has 0 aliphatic rings. The number of amides is 1. The fourth-order valence-electron chi connectivity index (χ4n) is 1.51. The van der Waals surface area contributed by atoms with Crippen LogP contribution in [0.1, 0.15) is 16.2 Å². The maximum absolute atomic E-state index is 12.5. The van der Waals surface area contributed by atoms with Crippen LogP contribution in [0.25, 0.3) is 0 Å². The molecule has 19 heavy (non-hydrogen) atoms. The van der Waals surface area contributed by atoms with Crippen LogP contribution >= 0.6 is 0 Å². The number of anilines is 1. The lowest BCUT2D eigenvalue weighted by Crippen LogP contribution is -2.13. The summed E-state index contributed by atoms with van der Waals surface area (Å²) in [5.74, 6) is -0.503. The lowest BCUT2D eigenvalue weighted by atomic mass is 10.3. The van der Waals surface area contributed by atoms with Gasteiger partial charge in [0.15, 0.2) is 11.5 Å². The Morgan fingerprint density at radius 3 is 2.47 bits per heavy atom. The second-order valence-electron chi connectivity index (χ2n) is 3.86. The van der Waals surface area contributed by atoms with Gasteiger partial charge in [-0.1, -0.05) is 0 Å². The standard InChI is InChI=1S/C10H10F3N5O/c1-17-4-3-8(16-17)14-9(19)6-5-7(10(11,12)13)18(2)15-6/h3-5H,1-2H3,(H,14,16,19). The van der Waals surface area contributed by atoms with E-state index in [-0.39, 0.29) is 11.5 Å². The van der Waals surface area contributed by atoms with E-state index < -0.39 is 17.8 Å². The molecule has 0 unspecified atom stereocenters. The summed E-state index contributed by atoms with van der Waals surface area (Å²) in [4.78, 5) is 11.7. The number of aryl methyl sites for hydroxylation is 2. The van der Waals surface area contributed by atoms with Gasteiger partial charge >= 0.3 is 6.18 Å². The summed E-state index contributed by atoms with van der Waals surface area (Å²) in [5, 5.41) is 9.77. The topological polar surface area (TPSA) is 64.7 Å². The third-order valence-corrected chi connectivity index (χ3v) is 2.36. The van der Waals surface area contributed by atoms with Gasteiger partial charge in [-0.25, -0.2) is 0 Å². The molecule has 0 atom stereocenters. The second kappa shape index (κ2) is 4.41. The maximum atomic E-state index is 12.5. The van der Waals surface area contributed by atoms with Crippen LogP contribution in [0.4, 0.5) is 19.0 Å². The molecule has 0 aliphatic heterocycles. The molecule has 0 spiro atoms. The number of hydrogen-bond donors (Lipinski definition) is 1. The van der Waals surface area contributed by atoms with E-state index in [1.165, 1.54) is 10.7 Å². The fourth-order valence-corrected chi connectivity index (χ4v) is 1.51. The normalized spacial score (nSPS) is 11.6. The van der Waals surface area contributed by atoms with Gasteiger partial charge in [0.05, 0.1) is 0 Å². The molecule has 2 aromatic rings. The summed E-state index contributed by atoms with van der Waals surface area (Å²) < 4.78 is 39.7. The van der Waals surface area contributed by atoms with E-state index in [1.807, 2.05) is 0 Å². The van der Waals surface area contributed by atoms with E-state index in [4.69, 9.17) is 0 Å². The van der Waals surface area contributed by atoms with Crippen LogP contribution in [0.2, 0.25) is 0 Å². The van der Waals surface area contributed by atoms with Crippen LogP contribution in [0.3, 0.4) is 0 Å². The first-order valence-corrected chi connectivity index (χ1v) is 5.19. The van der Waals surface area contributed by atoms with Crippen molar-refractivity contribution in [3.63, 3.8) is 0 Å². The van der Waals surface area contributed by atoms with Crippen LogP contribution < -0.4 is 5.32 Å². The van der Waals surface area contributed by atoms with E-state index >= 15 is 0 Å². The molecule has 0 fully saturated rings. The number of aromatic nitrogens is 4. The van der Waals surface area contributed by atoms with E-state index in [0.717, 1.165) is 7.05 Å². The highest BCUT2D eigenvalue weighted by molar-refractivity contribution is 6.02. The maximum Gasteiger partial charge on any atom is 0.433 e.